The van der Waals surface area contributed by atoms with Gasteiger partial charge < -0.3 is 15.4 Å². The van der Waals surface area contributed by atoms with E-state index in [1.165, 1.54) is 11.8 Å². The predicted molar refractivity (Wildman–Crippen MR) is 106 cm³/mol. The van der Waals surface area contributed by atoms with E-state index in [2.05, 4.69) is 15.5 Å². The summed E-state index contributed by atoms with van der Waals surface area (Å²) in [5.41, 5.74) is 0.625. The standard InChI is InChI=1S/C20H23N3O3S/c24-19(21-10-11-23-12-14-26-15-13-23)20(25)22-17-8-4-5-9-18(17)27-16-6-2-1-3-7-16/h1-9H,10-15H2,(H,21,24)(H,22,25). The molecule has 3 rings (SSSR count). The first kappa shape index (κ1) is 19.4. The number of amides is 2. The highest BCUT2D eigenvalue weighted by Crippen LogP contribution is 2.33. The van der Waals surface area contributed by atoms with Crippen molar-refractivity contribution < 1.29 is 14.3 Å². The van der Waals surface area contributed by atoms with Crippen LogP contribution in [0.1, 0.15) is 0 Å². The van der Waals surface area contributed by atoms with Crippen LogP contribution in [0, 0.1) is 0 Å². The van der Waals surface area contributed by atoms with Crippen LogP contribution in [0.4, 0.5) is 5.69 Å². The summed E-state index contributed by atoms with van der Waals surface area (Å²) in [5.74, 6) is -1.28. The van der Waals surface area contributed by atoms with E-state index in [0.717, 1.165) is 22.9 Å². The number of para-hydroxylation sites is 1. The molecule has 0 aliphatic carbocycles. The van der Waals surface area contributed by atoms with Gasteiger partial charge in [-0.25, -0.2) is 0 Å². The van der Waals surface area contributed by atoms with Gasteiger partial charge in [0.2, 0.25) is 0 Å². The lowest BCUT2D eigenvalue weighted by Crippen LogP contribution is -2.43. The minimum Gasteiger partial charge on any atom is -0.379 e. The Morgan fingerprint density at radius 2 is 1.67 bits per heavy atom. The smallest absolute Gasteiger partial charge is 0.313 e. The third-order valence-electron chi connectivity index (χ3n) is 4.13. The van der Waals surface area contributed by atoms with Crippen molar-refractivity contribution in [2.24, 2.45) is 0 Å². The highest BCUT2D eigenvalue weighted by molar-refractivity contribution is 7.99. The number of ether oxygens (including phenoxy) is 1. The van der Waals surface area contributed by atoms with Crippen LogP contribution in [0.5, 0.6) is 0 Å². The Hall–Kier alpha value is -2.35. The Morgan fingerprint density at radius 3 is 2.44 bits per heavy atom. The molecule has 1 fully saturated rings. The Bertz CT molecular complexity index is 764. The van der Waals surface area contributed by atoms with E-state index in [0.29, 0.717) is 32.0 Å². The van der Waals surface area contributed by atoms with Crippen molar-refractivity contribution in [3.63, 3.8) is 0 Å². The van der Waals surface area contributed by atoms with Crippen LogP contribution in [0.25, 0.3) is 0 Å². The summed E-state index contributed by atoms with van der Waals surface area (Å²) in [6.45, 7) is 4.28. The van der Waals surface area contributed by atoms with E-state index in [-0.39, 0.29) is 0 Å². The predicted octanol–water partition coefficient (Wildman–Crippen LogP) is 2.22. The van der Waals surface area contributed by atoms with Gasteiger partial charge in [-0.15, -0.1) is 0 Å². The lowest BCUT2D eigenvalue weighted by Gasteiger charge is -2.26. The molecule has 0 unspecified atom stereocenters. The maximum absolute atomic E-state index is 12.2. The van der Waals surface area contributed by atoms with E-state index in [1.54, 1.807) is 6.07 Å². The quantitative estimate of drug-likeness (QED) is 0.746. The lowest BCUT2D eigenvalue weighted by molar-refractivity contribution is -0.136. The molecule has 6 nitrogen and oxygen atoms in total. The molecule has 0 radical (unpaired) electrons. The van der Waals surface area contributed by atoms with Gasteiger partial charge in [-0.2, -0.15) is 0 Å². The van der Waals surface area contributed by atoms with E-state index < -0.39 is 11.8 Å². The zero-order valence-electron chi connectivity index (χ0n) is 15.0. The molecule has 27 heavy (non-hydrogen) atoms. The van der Waals surface area contributed by atoms with Gasteiger partial charge in [0.25, 0.3) is 0 Å². The number of nitrogens with zero attached hydrogens (tertiary/aromatic N) is 1. The summed E-state index contributed by atoms with van der Waals surface area (Å²) in [4.78, 5) is 28.5. The van der Waals surface area contributed by atoms with E-state index in [9.17, 15) is 9.59 Å². The van der Waals surface area contributed by atoms with Crippen molar-refractivity contribution in [1.29, 1.82) is 0 Å². The summed E-state index contributed by atoms with van der Waals surface area (Å²) in [6, 6.07) is 17.3. The molecule has 2 aromatic carbocycles. The minimum atomic E-state index is -0.655. The topological polar surface area (TPSA) is 70.7 Å². The molecular weight excluding hydrogens is 362 g/mol. The molecule has 1 aliphatic heterocycles. The fourth-order valence-electron chi connectivity index (χ4n) is 2.69. The molecule has 0 saturated carbocycles. The molecule has 1 heterocycles. The second kappa shape index (κ2) is 10.1. The molecule has 0 aromatic heterocycles. The Morgan fingerprint density at radius 1 is 0.963 bits per heavy atom. The van der Waals surface area contributed by atoms with Gasteiger partial charge in [-0.05, 0) is 24.3 Å². The van der Waals surface area contributed by atoms with Gasteiger partial charge in [0.05, 0.1) is 18.9 Å². The highest BCUT2D eigenvalue weighted by atomic mass is 32.2. The summed E-state index contributed by atoms with van der Waals surface area (Å²) >= 11 is 1.54. The van der Waals surface area contributed by atoms with Crippen LogP contribution >= 0.6 is 11.8 Å². The zero-order valence-corrected chi connectivity index (χ0v) is 15.8. The minimum absolute atomic E-state index is 0.437. The Kier molecular flexibility index (Phi) is 7.27. The van der Waals surface area contributed by atoms with Crippen LogP contribution in [0.15, 0.2) is 64.4 Å². The fraction of sp³-hybridized carbons (Fsp3) is 0.300. The van der Waals surface area contributed by atoms with Crippen LogP contribution in [-0.2, 0) is 14.3 Å². The molecule has 2 aromatic rings. The third kappa shape index (κ3) is 6.09. The SMILES string of the molecule is O=C(NCCN1CCOCC1)C(=O)Nc1ccccc1Sc1ccccc1. The first-order valence-electron chi connectivity index (χ1n) is 8.93. The van der Waals surface area contributed by atoms with Crippen molar-refractivity contribution >= 4 is 29.3 Å². The van der Waals surface area contributed by atoms with Crippen molar-refractivity contribution in [2.45, 2.75) is 9.79 Å². The van der Waals surface area contributed by atoms with Crippen molar-refractivity contribution in [3.05, 3.63) is 54.6 Å². The first-order chi connectivity index (χ1) is 13.2. The fourth-order valence-corrected chi connectivity index (χ4v) is 3.61. The van der Waals surface area contributed by atoms with Crippen molar-refractivity contribution in [1.82, 2.24) is 10.2 Å². The number of hydrogen-bond donors (Lipinski definition) is 2. The monoisotopic (exact) mass is 385 g/mol. The maximum Gasteiger partial charge on any atom is 0.313 e. The number of anilines is 1. The number of benzene rings is 2. The van der Waals surface area contributed by atoms with Crippen LogP contribution in [0.2, 0.25) is 0 Å². The molecule has 2 N–H and O–H groups in total. The van der Waals surface area contributed by atoms with Crippen LogP contribution in [0.3, 0.4) is 0 Å². The molecule has 0 atom stereocenters. The average Bonchev–Trinajstić information content (AvgIpc) is 2.71. The van der Waals surface area contributed by atoms with E-state index >= 15 is 0 Å². The molecule has 1 saturated heterocycles. The second-order valence-corrected chi connectivity index (χ2v) is 7.19. The number of carbonyl (C=O) groups is 2. The zero-order chi connectivity index (χ0) is 18.9. The van der Waals surface area contributed by atoms with Gasteiger partial charge >= 0.3 is 11.8 Å². The largest absolute Gasteiger partial charge is 0.379 e. The molecular formula is C20H23N3O3S. The lowest BCUT2D eigenvalue weighted by atomic mass is 10.3. The Balaban J connectivity index is 1.51. The number of hydrogen-bond acceptors (Lipinski definition) is 5. The van der Waals surface area contributed by atoms with E-state index in [4.69, 9.17) is 4.74 Å². The Labute approximate surface area is 163 Å². The average molecular weight is 385 g/mol. The number of carbonyl (C=O) groups excluding carboxylic acids is 2. The molecule has 2 amide bonds. The second-order valence-electron chi connectivity index (χ2n) is 6.08. The summed E-state index contributed by atoms with van der Waals surface area (Å²) in [5, 5.41) is 5.39. The maximum atomic E-state index is 12.2. The number of morpholine rings is 1. The van der Waals surface area contributed by atoms with Gasteiger partial charge in [-0.1, -0.05) is 42.1 Å². The first-order valence-corrected chi connectivity index (χ1v) is 9.75. The van der Waals surface area contributed by atoms with Crippen LogP contribution < -0.4 is 10.6 Å². The van der Waals surface area contributed by atoms with Crippen molar-refractivity contribution in [3.8, 4) is 0 Å². The van der Waals surface area contributed by atoms with Gasteiger partial charge in [0, 0.05) is 36.0 Å². The molecule has 1 aliphatic rings. The molecule has 0 bridgehead atoms. The van der Waals surface area contributed by atoms with Crippen LogP contribution in [-0.4, -0.2) is 56.1 Å². The third-order valence-corrected chi connectivity index (χ3v) is 5.21. The van der Waals surface area contributed by atoms with Gasteiger partial charge in [0.1, 0.15) is 0 Å². The summed E-state index contributed by atoms with van der Waals surface area (Å²) in [7, 11) is 0. The summed E-state index contributed by atoms with van der Waals surface area (Å²) in [6.07, 6.45) is 0. The van der Waals surface area contributed by atoms with Gasteiger partial charge in [0.15, 0.2) is 0 Å². The normalized spacial score (nSPS) is 14.5. The number of rotatable bonds is 6. The van der Waals surface area contributed by atoms with Gasteiger partial charge in [-0.3, -0.25) is 14.5 Å². The highest BCUT2D eigenvalue weighted by Gasteiger charge is 2.16. The van der Waals surface area contributed by atoms with Crippen molar-refractivity contribution in [2.75, 3.05) is 44.7 Å². The summed E-state index contributed by atoms with van der Waals surface area (Å²) < 4.78 is 5.29. The molecule has 7 heteroatoms. The number of nitrogens with one attached hydrogen (secondary N) is 2. The molecule has 142 valence electrons. The molecule has 0 spiro atoms. The van der Waals surface area contributed by atoms with E-state index in [1.807, 2.05) is 48.5 Å².